The van der Waals surface area contributed by atoms with E-state index in [4.69, 9.17) is 17.3 Å². The minimum Gasteiger partial charge on any atom is -0.353 e. The maximum Gasteiger partial charge on any atom is 0.227 e. The van der Waals surface area contributed by atoms with E-state index in [9.17, 15) is 4.79 Å². The number of rotatable bonds is 4. The predicted molar refractivity (Wildman–Crippen MR) is 78.0 cm³/mol. The Morgan fingerprint density at radius 1 is 1.42 bits per heavy atom. The van der Waals surface area contributed by atoms with Crippen molar-refractivity contribution in [3.05, 3.63) is 47.0 Å². The molecule has 3 nitrogen and oxygen atoms in total. The van der Waals surface area contributed by atoms with Crippen LogP contribution in [-0.4, -0.2) is 18.0 Å². The fraction of sp³-hybridized carbons (Fsp3) is 0.400. The molecule has 0 saturated carbocycles. The summed E-state index contributed by atoms with van der Waals surface area (Å²) in [5.41, 5.74) is 6.91. The first-order valence-electron chi connectivity index (χ1n) is 6.53. The minimum atomic E-state index is -0.0809. The number of hydrogen-bond acceptors (Lipinski definition) is 2. The molecule has 1 aliphatic carbocycles. The number of amides is 1. The summed E-state index contributed by atoms with van der Waals surface area (Å²) in [5.74, 6) is -0.0201. The van der Waals surface area contributed by atoms with Crippen molar-refractivity contribution in [2.45, 2.75) is 31.8 Å². The zero-order valence-corrected chi connectivity index (χ0v) is 11.7. The van der Waals surface area contributed by atoms with Crippen LogP contribution in [0.15, 0.2) is 36.4 Å². The lowest BCUT2D eigenvalue weighted by Gasteiger charge is -2.17. The number of carbonyl (C=O) groups is 1. The van der Waals surface area contributed by atoms with Gasteiger partial charge in [0.2, 0.25) is 5.91 Å². The standard InChI is InChI=1S/C15H19ClN2O/c1-10(8-11-2-5-13(16)6-3-11)18-15(19)12-4-7-14(17)9-12/h2-7,10,12,14H,8-9,17H2,1H3,(H,18,19). The van der Waals surface area contributed by atoms with Crippen LogP contribution >= 0.6 is 11.6 Å². The quantitative estimate of drug-likeness (QED) is 0.831. The molecule has 3 N–H and O–H groups in total. The molecule has 1 aromatic rings. The topological polar surface area (TPSA) is 55.1 Å². The van der Waals surface area contributed by atoms with E-state index in [1.54, 1.807) is 0 Å². The lowest BCUT2D eigenvalue weighted by molar-refractivity contribution is -0.124. The first-order valence-corrected chi connectivity index (χ1v) is 6.91. The molecule has 0 aromatic heterocycles. The average molecular weight is 279 g/mol. The van der Waals surface area contributed by atoms with Crippen LogP contribution in [0.5, 0.6) is 0 Å². The number of nitrogens with two attached hydrogens (primary N) is 1. The second kappa shape index (κ2) is 6.22. The predicted octanol–water partition coefficient (Wildman–Crippen LogP) is 2.29. The van der Waals surface area contributed by atoms with Crippen LogP contribution in [0, 0.1) is 5.92 Å². The summed E-state index contributed by atoms with van der Waals surface area (Å²) in [5, 5.41) is 3.75. The van der Waals surface area contributed by atoms with Crippen molar-refractivity contribution < 1.29 is 4.79 Å². The van der Waals surface area contributed by atoms with Crippen LogP contribution in [0.1, 0.15) is 18.9 Å². The van der Waals surface area contributed by atoms with E-state index in [0.717, 1.165) is 17.0 Å². The first kappa shape index (κ1) is 14.1. The zero-order valence-electron chi connectivity index (χ0n) is 11.0. The van der Waals surface area contributed by atoms with Gasteiger partial charge in [0, 0.05) is 17.1 Å². The van der Waals surface area contributed by atoms with Gasteiger partial charge < -0.3 is 11.1 Å². The van der Waals surface area contributed by atoms with Crippen molar-refractivity contribution in [2.24, 2.45) is 11.7 Å². The molecule has 0 bridgehead atoms. The van der Waals surface area contributed by atoms with Gasteiger partial charge in [0.15, 0.2) is 0 Å². The van der Waals surface area contributed by atoms with E-state index in [1.165, 1.54) is 0 Å². The van der Waals surface area contributed by atoms with Gasteiger partial charge in [-0.1, -0.05) is 35.9 Å². The maximum absolute atomic E-state index is 12.0. The lowest BCUT2D eigenvalue weighted by atomic mass is 10.0. The van der Waals surface area contributed by atoms with Gasteiger partial charge in [-0.15, -0.1) is 0 Å². The maximum atomic E-state index is 12.0. The van der Waals surface area contributed by atoms with Gasteiger partial charge in [-0.25, -0.2) is 0 Å². The molecule has 102 valence electrons. The molecular weight excluding hydrogens is 260 g/mol. The Morgan fingerprint density at radius 3 is 2.68 bits per heavy atom. The summed E-state index contributed by atoms with van der Waals surface area (Å²) < 4.78 is 0. The van der Waals surface area contributed by atoms with Crippen molar-refractivity contribution in [3.8, 4) is 0 Å². The number of halogens is 1. The highest BCUT2D eigenvalue weighted by Gasteiger charge is 2.23. The first-order chi connectivity index (χ1) is 9.04. The van der Waals surface area contributed by atoms with E-state index in [-0.39, 0.29) is 23.9 Å². The van der Waals surface area contributed by atoms with Crippen molar-refractivity contribution >= 4 is 17.5 Å². The molecule has 1 aromatic carbocycles. The highest BCUT2D eigenvalue weighted by molar-refractivity contribution is 6.30. The fourth-order valence-corrected chi connectivity index (χ4v) is 2.42. The zero-order chi connectivity index (χ0) is 13.8. The molecule has 0 aliphatic heterocycles. The smallest absolute Gasteiger partial charge is 0.227 e. The van der Waals surface area contributed by atoms with E-state index < -0.39 is 0 Å². The third kappa shape index (κ3) is 4.08. The second-order valence-corrected chi connectivity index (χ2v) is 5.57. The molecule has 0 radical (unpaired) electrons. The lowest BCUT2D eigenvalue weighted by Crippen LogP contribution is -2.38. The van der Waals surface area contributed by atoms with Gasteiger partial charge in [-0.2, -0.15) is 0 Å². The minimum absolute atomic E-state index is 0.0160. The summed E-state index contributed by atoms with van der Waals surface area (Å²) in [6.07, 6.45) is 5.30. The van der Waals surface area contributed by atoms with Crippen LogP contribution in [-0.2, 0) is 11.2 Å². The molecule has 2 rings (SSSR count). The Morgan fingerprint density at radius 2 is 2.11 bits per heavy atom. The molecular formula is C15H19ClN2O. The summed E-state index contributed by atoms with van der Waals surface area (Å²) in [6.45, 7) is 2.01. The summed E-state index contributed by atoms with van der Waals surface area (Å²) in [7, 11) is 0. The second-order valence-electron chi connectivity index (χ2n) is 5.13. The van der Waals surface area contributed by atoms with Crippen LogP contribution in [0.2, 0.25) is 5.02 Å². The van der Waals surface area contributed by atoms with Gasteiger partial charge in [0.05, 0.1) is 5.92 Å². The number of benzene rings is 1. The molecule has 0 spiro atoms. The summed E-state index contributed by atoms with van der Waals surface area (Å²) in [4.78, 5) is 12.0. The Hall–Kier alpha value is -1.32. The molecule has 0 fully saturated rings. The Bertz CT molecular complexity index is 470. The molecule has 0 saturated heterocycles. The Labute approximate surface area is 118 Å². The SMILES string of the molecule is CC(Cc1ccc(Cl)cc1)NC(=O)C1C=CC(N)C1. The highest BCUT2D eigenvalue weighted by Crippen LogP contribution is 2.17. The Kier molecular flexibility index (Phi) is 4.61. The molecule has 19 heavy (non-hydrogen) atoms. The highest BCUT2D eigenvalue weighted by atomic mass is 35.5. The van der Waals surface area contributed by atoms with Crippen LogP contribution < -0.4 is 11.1 Å². The number of carbonyl (C=O) groups excluding carboxylic acids is 1. The average Bonchev–Trinajstić information content (AvgIpc) is 2.79. The van der Waals surface area contributed by atoms with Gasteiger partial charge in [0.25, 0.3) is 0 Å². The molecule has 1 amide bonds. The molecule has 0 heterocycles. The van der Waals surface area contributed by atoms with Crippen LogP contribution in [0.25, 0.3) is 0 Å². The number of hydrogen-bond donors (Lipinski definition) is 2. The van der Waals surface area contributed by atoms with E-state index in [2.05, 4.69) is 5.32 Å². The third-order valence-corrected chi connectivity index (χ3v) is 3.55. The van der Waals surface area contributed by atoms with Crippen molar-refractivity contribution in [1.29, 1.82) is 0 Å². The van der Waals surface area contributed by atoms with Crippen molar-refractivity contribution in [3.63, 3.8) is 0 Å². The molecule has 1 aliphatic rings. The third-order valence-electron chi connectivity index (χ3n) is 3.30. The van der Waals surface area contributed by atoms with Gasteiger partial charge in [0.1, 0.15) is 0 Å². The van der Waals surface area contributed by atoms with Crippen molar-refractivity contribution in [2.75, 3.05) is 0 Å². The Balaban J connectivity index is 1.84. The van der Waals surface area contributed by atoms with Crippen molar-refractivity contribution in [1.82, 2.24) is 5.32 Å². The largest absolute Gasteiger partial charge is 0.353 e. The van der Waals surface area contributed by atoms with Crippen LogP contribution in [0.3, 0.4) is 0 Å². The van der Waals surface area contributed by atoms with Crippen LogP contribution in [0.4, 0.5) is 0 Å². The molecule has 3 unspecified atom stereocenters. The molecule has 3 atom stereocenters. The monoisotopic (exact) mass is 278 g/mol. The normalized spacial score (nSPS) is 23.3. The van der Waals surface area contributed by atoms with Gasteiger partial charge in [-0.3, -0.25) is 4.79 Å². The van der Waals surface area contributed by atoms with Gasteiger partial charge in [-0.05, 0) is 37.5 Å². The summed E-state index contributed by atoms with van der Waals surface area (Å²) >= 11 is 5.84. The van der Waals surface area contributed by atoms with E-state index in [1.807, 2.05) is 43.3 Å². The summed E-state index contributed by atoms with van der Waals surface area (Å²) in [6, 6.07) is 7.81. The molecule has 4 heteroatoms. The van der Waals surface area contributed by atoms with E-state index in [0.29, 0.717) is 6.42 Å². The fourth-order valence-electron chi connectivity index (χ4n) is 2.30. The number of nitrogens with one attached hydrogen (secondary N) is 1. The van der Waals surface area contributed by atoms with Gasteiger partial charge >= 0.3 is 0 Å². The van der Waals surface area contributed by atoms with E-state index >= 15 is 0 Å².